The molecule has 1 aromatic rings. The van der Waals surface area contributed by atoms with Gasteiger partial charge in [0.1, 0.15) is 5.75 Å². The Kier molecular flexibility index (Phi) is 4.86. The van der Waals surface area contributed by atoms with Crippen LogP contribution in [0.1, 0.15) is 50.2 Å². The summed E-state index contributed by atoms with van der Waals surface area (Å²) < 4.78 is 10.9. The molecule has 0 N–H and O–H groups in total. The first kappa shape index (κ1) is 17.3. The topological polar surface area (TPSA) is 38.8 Å². The fraction of sp³-hybridized carbons (Fsp3) is 0.650. The molecule has 3 rings (SSSR count). The van der Waals surface area contributed by atoms with E-state index in [0.717, 1.165) is 11.3 Å². The van der Waals surface area contributed by atoms with Crippen molar-refractivity contribution in [3.63, 3.8) is 0 Å². The van der Waals surface area contributed by atoms with Crippen LogP contribution in [0.15, 0.2) is 18.2 Å². The third kappa shape index (κ3) is 3.59. The van der Waals surface area contributed by atoms with E-state index in [9.17, 15) is 4.79 Å². The Morgan fingerprint density at radius 1 is 1.42 bits per heavy atom. The van der Waals surface area contributed by atoms with Crippen LogP contribution in [0.2, 0.25) is 0 Å². The number of carbonyl (C=O) groups excluding carboxylic acids is 1. The summed E-state index contributed by atoms with van der Waals surface area (Å²) in [6.45, 7) is 8.21. The molecule has 0 radical (unpaired) electrons. The maximum atomic E-state index is 13.0. The Morgan fingerprint density at radius 3 is 2.75 bits per heavy atom. The monoisotopic (exact) mass is 331 g/mol. The fourth-order valence-electron chi connectivity index (χ4n) is 3.81. The summed E-state index contributed by atoms with van der Waals surface area (Å²) >= 11 is 0. The van der Waals surface area contributed by atoms with Crippen molar-refractivity contribution in [1.29, 1.82) is 0 Å². The normalized spacial score (nSPS) is 21.4. The maximum absolute atomic E-state index is 13.0. The van der Waals surface area contributed by atoms with Crippen LogP contribution in [-0.2, 0) is 9.53 Å². The van der Waals surface area contributed by atoms with Crippen molar-refractivity contribution in [2.45, 2.75) is 51.5 Å². The van der Waals surface area contributed by atoms with Gasteiger partial charge in [0.05, 0.1) is 25.9 Å². The molecule has 1 aliphatic heterocycles. The number of morpholine rings is 1. The number of ether oxygens (including phenoxy) is 2. The van der Waals surface area contributed by atoms with Crippen LogP contribution in [0.3, 0.4) is 0 Å². The van der Waals surface area contributed by atoms with E-state index in [1.807, 2.05) is 11.0 Å². The zero-order valence-corrected chi connectivity index (χ0v) is 15.3. The molecule has 0 aromatic heterocycles. The Labute approximate surface area is 145 Å². The molecule has 1 atom stereocenters. The molecule has 1 unspecified atom stereocenters. The van der Waals surface area contributed by atoms with Gasteiger partial charge in [-0.3, -0.25) is 4.79 Å². The third-order valence-corrected chi connectivity index (χ3v) is 5.38. The van der Waals surface area contributed by atoms with Crippen molar-refractivity contribution in [3.8, 4) is 5.75 Å². The van der Waals surface area contributed by atoms with Gasteiger partial charge in [-0.1, -0.05) is 12.1 Å². The zero-order chi connectivity index (χ0) is 17.3. The average Bonchev–Trinajstić information content (AvgIpc) is 3.36. The standard InChI is InChI=1S/C20H29NO3/c1-14-11-16(7-8-18(14)23-4)17(15-5-6-15)12-19(22)21-9-10-24-13-20(21,2)3/h7-8,11,15,17H,5-6,9-10,12-13H2,1-4H3. The summed E-state index contributed by atoms with van der Waals surface area (Å²) in [6, 6.07) is 6.36. The van der Waals surface area contributed by atoms with Crippen molar-refractivity contribution >= 4 is 5.91 Å². The summed E-state index contributed by atoms with van der Waals surface area (Å²) in [7, 11) is 1.70. The minimum absolute atomic E-state index is 0.209. The second-order valence-electron chi connectivity index (χ2n) is 7.79. The largest absolute Gasteiger partial charge is 0.496 e. The lowest BCUT2D eigenvalue weighted by Gasteiger charge is -2.42. The van der Waals surface area contributed by atoms with Gasteiger partial charge in [-0.15, -0.1) is 0 Å². The van der Waals surface area contributed by atoms with E-state index in [4.69, 9.17) is 9.47 Å². The van der Waals surface area contributed by atoms with Crippen LogP contribution in [-0.4, -0.2) is 43.2 Å². The highest BCUT2D eigenvalue weighted by molar-refractivity contribution is 5.78. The number of benzene rings is 1. The number of rotatable bonds is 5. The van der Waals surface area contributed by atoms with Gasteiger partial charge in [0.25, 0.3) is 0 Å². The van der Waals surface area contributed by atoms with Gasteiger partial charge in [0.15, 0.2) is 0 Å². The zero-order valence-electron chi connectivity index (χ0n) is 15.3. The summed E-state index contributed by atoms with van der Waals surface area (Å²) in [4.78, 5) is 15.0. The smallest absolute Gasteiger partial charge is 0.223 e. The SMILES string of the molecule is COc1ccc(C(CC(=O)N2CCOCC2(C)C)C2CC2)cc1C. The van der Waals surface area contributed by atoms with Crippen molar-refractivity contribution < 1.29 is 14.3 Å². The molecule has 0 bridgehead atoms. The first-order valence-electron chi connectivity index (χ1n) is 8.95. The van der Waals surface area contributed by atoms with Crippen LogP contribution in [0.5, 0.6) is 5.75 Å². The van der Waals surface area contributed by atoms with Crippen LogP contribution < -0.4 is 4.74 Å². The van der Waals surface area contributed by atoms with Gasteiger partial charge in [-0.2, -0.15) is 0 Å². The number of hydrogen-bond donors (Lipinski definition) is 0. The number of methoxy groups -OCH3 is 1. The molecule has 2 fully saturated rings. The molecule has 132 valence electrons. The van der Waals surface area contributed by atoms with Crippen molar-refractivity contribution in [1.82, 2.24) is 4.90 Å². The molecule has 24 heavy (non-hydrogen) atoms. The fourth-order valence-corrected chi connectivity index (χ4v) is 3.81. The Bertz CT molecular complexity index is 607. The Morgan fingerprint density at radius 2 is 2.17 bits per heavy atom. The lowest BCUT2D eigenvalue weighted by molar-refractivity contribution is -0.146. The summed E-state index contributed by atoms with van der Waals surface area (Å²) in [6.07, 6.45) is 3.06. The summed E-state index contributed by atoms with van der Waals surface area (Å²) in [5, 5.41) is 0. The molecule has 1 aromatic carbocycles. The molecular formula is C20H29NO3. The van der Waals surface area contributed by atoms with Crippen molar-refractivity contribution in [2.24, 2.45) is 5.92 Å². The lowest BCUT2D eigenvalue weighted by Crippen LogP contribution is -2.55. The first-order chi connectivity index (χ1) is 11.4. The lowest BCUT2D eigenvalue weighted by atomic mass is 9.88. The van der Waals surface area contributed by atoms with Gasteiger partial charge >= 0.3 is 0 Å². The average molecular weight is 331 g/mol. The van der Waals surface area contributed by atoms with Gasteiger partial charge in [0, 0.05) is 13.0 Å². The molecule has 1 aliphatic carbocycles. The van der Waals surface area contributed by atoms with E-state index in [1.165, 1.54) is 18.4 Å². The molecule has 2 aliphatic rings. The Hall–Kier alpha value is -1.55. The molecule has 0 spiro atoms. The Balaban J connectivity index is 1.77. The predicted molar refractivity (Wildman–Crippen MR) is 94.4 cm³/mol. The summed E-state index contributed by atoms with van der Waals surface area (Å²) in [5.74, 6) is 2.13. The van der Waals surface area contributed by atoms with E-state index < -0.39 is 0 Å². The van der Waals surface area contributed by atoms with Crippen LogP contribution >= 0.6 is 0 Å². The molecule has 1 saturated carbocycles. The number of carbonyl (C=O) groups is 1. The quantitative estimate of drug-likeness (QED) is 0.828. The molecule has 4 nitrogen and oxygen atoms in total. The molecule has 1 amide bonds. The molecule has 1 saturated heterocycles. The third-order valence-electron chi connectivity index (χ3n) is 5.38. The maximum Gasteiger partial charge on any atom is 0.223 e. The van der Waals surface area contributed by atoms with Crippen LogP contribution in [0.25, 0.3) is 0 Å². The van der Waals surface area contributed by atoms with Gasteiger partial charge in [0.2, 0.25) is 5.91 Å². The number of aryl methyl sites for hydroxylation is 1. The number of amides is 1. The minimum atomic E-state index is -0.209. The first-order valence-corrected chi connectivity index (χ1v) is 8.95. The summed E-state index contributed by atoms with van der Waals surface area (Å²) in [5.41, 5.74) is 2.20. The highest BCUT2D eigenvalue weighted by Crippen LogP contribution is 2.45. The van der Waals surface area contributed by atoms with E-state index in [1.54, 1.807) is 7.11 Å². The van der Waals surface area contributed by atoms with Crippen molar-refractivity contribution in [2.75, 3.05) is 26.9 Å². The number of hydrogen-bond acceptors (Lipinski definition) is 3. The number of nitrogens with zero attached hydrogens (tertiary/aromatic N) is 1. The van der Waals surface area contributed by atoms with E-state index >= 15 is 0 Å². The second-order valence-corrected chi connectivity index (χ2v) is 7.79. The highest BCUT2D eigenvalue weighted by atomic mass is 16.5. The van der Waals surface area contributed by atoms with Crippen molar-refractivity contribution in [3.05, 3.63) is 29.3 Å². The van der Waals surface area contributed by atoms with Crippen LogP contribution in [0, 0.1) is 12.8 Å². The van der Waals surface area contributed by atoms with Gasteiger partial charge < -0.3 is 14.4 Å². The minimum Gasteiger partial charge on any atom is -0.496 e. The van der Waals surface area contributed by atoms with E-state index in [0.29, 0.717) is 38.0 Å². The highest BCUT2D eigenvalue weighted by Gasteiger charge is 2.39. The van der Waals surface area contributed by atoms with Gasteiger partial charge in [-0.05, 0) is 62.6 Å². The molecule has 1 heterocycles. The second kappa shape index (κ2) is 6.75. The molecule has 4 heteroatoms. The van der Waals surface area contributed by atoms with E-state index in [2.05, 4.69) is 32.9 Å². The van der Waals surface area contributed by atoms with Crippen LogP contribution in [0.4, 0.5) is 0 Å². The molecular weight excluding hydrogens is 302 g/mol. The van der Waals surface area contributed by atoms with E-state index in [-0.39, 0.29) is 11.4 Å². The van der Waals surface area contributed by atoms with Gasteiger partial charge in [-0.25, -0.2) is 0 Å². The predicted octanol–water partition coefficient (Wildman–Crippen LogP) is 3.52.